The van der Waals surface area contributed by atoms with Crippen LogP contribution in [-0.4, -0.2) is 21.5 Å². The van der Waals surface area contributed by atoms with Crippen LogP contribution in [-0.2, 0) is 4.79 Å². The molecule has 1 aromatic carbocycles. The molecule has 0 unspecified atom stereocenters. The maximum Gasteiger partial charge on any atom is 0.311 e. The summed E-state index contributed by atoms with van der Waals surface area (Å²) in [6.07, 6.45) is 0. The summed E-state index contributed by atoms with van der Waals surface area (Å²) < 4.78 is 0. The van der Waals surface area contributed by atoms with Crippen molar-refractivity contribution in [2.75, 3.05) is 5.32 Å². The number of benzene rings is 1. The maximum atomic E-state index is 11.3. The number of halogens is 1. The predicted molar refractivity (Wildman–Crippen MR) is 77.2 cm³/mol. The van der Waals surface area contributed by atoms with Gasteiger partial charge < -0.3 is 10.4 Å². The number of non-ortho nitro benzene ring substituents is 1. The van der Waals surface area contributed by atoms with E-state index in [1.807, 2.05) is 0 Å². The molecular weight excluding hydrogens is 284 g/mol. The van der Waals surface area contributed by atoms with E-state index in [0.29, 0.717) is 5.69 Å². The summed E-state index contributed by atoms with van der Waals surface area (Å²) in [6.45, 7) is 6.67. The second-order valence-corrected chi connectivity index (χ2v) is 6.01. The van der Waals surface area contributed by atoms with E-state index in [4.69, 9.17) is 11.6 Å². The SMILES string of the molecule is CC(C)(Nc1ccc([N+](=O)[O-])cc1Cl)C(C)(C)C(=O)O. The number of aliphatic carboxylic acids is 1. The van der Waals surface area contributed by atoms with Crippen LogP contribution in [0.2, 0.25) is 5.02 Å². The van der Waals surface area contributed by atoms with Crippen molar-refractivity contribution in [3.63, 3.8) is 0 Å². The average molecular weight is 301 g/mol. The number of nitro groups is 1. The summed E-state index contributed by atoms with van der Waals surface area (Å²) in [5, 5.41) is 23.1. The first-order chi connectivity index (χ1) is 8.99. The van der Waals surface area contributed by atoms with Crippen molar-refractivity contribution in [1.29, 1.82) is 0 Å². The summed E-state index contributed by atoms with van der Waals surface area (Å²) in [5.74, 6) is -0.951. The Bertz CT molecular complexity index is 555. The van der Waals surface area contributed by atoms with Gasteiger partial charge in [0.2, 0.25) is 0 Å². The molecule has 0 radical (unpaired) electrons. The van der Waals surface area contributed by atoms with E-state index in [2.05, 4.69) is 5.32 Å². The molecule has 0 heterocycles. The standard InChI is InChI=1S/C13H17ClN2O4/c1-12(2,11(17)18)13(3,4)15-10-6-5-8(16(19)20)7-9(10)14/h5-7,15H,1-4H3,(H,17,18). The van der Waals surface area contributed by atoms with Gasteiger partial charge in [0.1, 0.15) is 0 Å². The molecule has 1 rings (SSSR count). The van der Waals surface area contributed by atoms with E-state index in [-0.39, 0.29) is 10.7 Å². The highest BCUT2D eigenvalue weighted by Crippen LogP contribution is 2.36. The Morgan fingerprint density at radius 2 is 1.90 bits per heavy atom. The van der Waals surface area contributed by atoms with Gasteiger partial charge in [-0.05, 0) is 33.8 Å². The largest absolute Gasteiger partial charge is 0.481 e. The third-order valence-electron chi connectivity index (χ3n) is 3.71. The van der Waals surface area contributed by atoms with Gasteiger partial charge in [-0.25, -0.2) is 0 Å². The number of carboxylic acids is 1. The molecule has 7 heteroatoms. The first-order valence-electron chi connectivity index (χ1n) is 5.94. The third-order valence-corrected chi connectivity index (χ3v) is 4.02. The highest BCUT2D eigenvalue weighted by atomic mass is 35.5. The number of nitrogens with zero attached hydrogens (tertiary/aromatic N) is 1. The fourth-order valence-electron chi connectivity index (χ4n) is 1.48. The van der Waals surface area contributed by atoms with Crippen LogP contribution < -0.4 is 5.32 Å². The lowest BCUT2D eigenvalue weighted by Gasteiger charge is -2.39. The molecular formula is C13H17ClN2O4. The summed E-state index contributed by atoms with van der Waals surface area (Å²) in [5.41, 5.74) is -1.52. The Morgan fingerprint density at radius 3 is 2.30 bits per heavy atom. The zero-order chi connectivity index (χ0) is 15.7. The van der Waals surface area contributed by atoms with Crippen molar-refractivity contribution in [3.05, 3.63) is 33.3 Å². The van der Waals surface area contributed by atoms with Crippen molar-refractivity contribution in [2.45, 2.75) is 33.2 Å². The highest BCUT2D eigenvalue weighted by molar-refractivity contribution is 6.33. The van der Waals surface area contributed by atoms with Crippen molar-refractivity contribution in [1.82, 2.24) is 0 Å². The summed E-state index contributed by atoms with van der Waals surface area (Å²) in [4.78, 5) is 21.4. The average Bonchev–Trinajstić information content (AvgIpc) is 2.30. The van der Waals surface area contributed by atoms with E-state index >= 15 is 0 Å². The Kier molecular flexibility index (Phi) is 4.29. The molecule has 0 fully saturated rings. The Morgan fingerprint density at radius 1 is 1.35 bits per heavy atom. The Labute approximate surface area is 121 Å². The number of nitrogens with one attached hydrogen (secondary N) is 1. The van der Waals surface area contributed by atoms with Crippen molar-refractivity contribution < 1.29 is 14.8 Å². The van der Waals surface area contributed by atoms with Crippen molar-refractivity contribution >= 4 is 28.9 Å². The van der Waals surface area contributed by atoms with Crippen LogP contribution in [0.15, 0.2) is 18.2 Å². The van der Waals surface area contributed by atoms with Gasteiger partial charge in [-0.1, -0.05) is 11.6 Å². The van der Waals surface area contributed by atoms with E-state index < -0.39 is 21.8 Å². The first-order valence-corrected chi connectivity index (χ1v) is 6.32. The third kappa shape index (κ3) is 3.01. The van der Waals surface area contributed by atoms with E-state index in [1.54, 1.807) is 27.7 Å². The first kappa shape index (κ1) is 16.2. The second kappa shape index (κ2) is 5.28. The van der Waals surface area contributed by atoms with Crippen LogP contribution in [0.25, 0.3) is 0 Å². The second-order valence-electron chi connectivity index (χ2n) is 5.60. The molecule has 0 aliphatic heterocycles. The van der Waals surface area contributed by atoms with Gasteiger partial charge in [0.15, 0.2) is 0 Å². The van der Waals surface area contributed by atoms with Gasteiger partial charge in [-0.3, -0.25) is 14.9 Å². The number of carbonyl (C=O) groups is 1. The fraction of sp³-hybridized carbons (Fsp3) is 0.462. The lowest BCUT2D eigenvalue weighted by molar-refractivity contribution is -0.384. The minimum atomic E-state index is -1.06. The molecule has 2 N–H and O–H groups in total. The van der Waals surface area contributed by atoms with Gasteiger partial charge in [0.25, 0.3) is 5.69 Å². The summed E-state index contributed by atoms with van der Waals surface area (Å²) in [7, 11) is 0. The molecule has 0 bridgehead atoms. The molecule has 20 heavy (non-hydrogen) atoms. The minimum absolute atomic E-state index is 0.115. The van der Waals surface area contributed by atoms with Gasteiger partial charge in [0, 0.05) is 17.7 Å². The minimum Gasteiger partial charge on any atom is -0.481 e. The summed E-state index contributed by atoms with van der Waals surface area (Å²) >= 11 is 5.99. The smallest absolute Gasteiger partial charge is 0.311 e. The molecule has 0 spiro atoms. The zero-order valence-corrected chi connectivity index (χ0v) is 12.5. The molecule has 0 saturated carbocycles. The van der Waals surface area contributed by atoms with Gasteiger partial charge in [-0.2, -0.15) is 0 Å². The van der Waals surface area contributed by atoms with E-state index in [1.165, 1.54) is 18.2 Å². The lowest BCUT2D eigenvalue weighted by atomic mass is 9.74. The van der Waals surface area contributed by atoms with Crippen LogP contribution in [0.3, 0.4) is 0 Å². The van der Waals surface area contributed by atoms with Crippen LogP contribution in [0.1, 0.15) is 27.7 Å². The van der Waals surface area contributed by atoms with Crippen LogP contribution in [0.4, 0.5) is 11.4 Å². The fourth-order valence-corrected chi connectivity index (χ4v) is 1.70. The van der Waals surface area contributed by atoms with Gasteiger partial charge >= 0.3 is 5.97 Å². The highest BCUT2D eigenvalue weighted by Gasteiger charge is 2.43. The Hall–Kier alpha value is -1.82. The molecule has 0 aliphatic rings. The molecule has 0 aromatic heterocycles. The maximum absolute atomic E-state index is 11.3. The van der Waals surface area contributed by atoms with E-state index in [9.17, 15) is 20.0 Å². The number of rotatable bonds is 5. The van der Waals surface area contributed by atoms with Crippen LogP contribution in [0, 0.1) is 15.5 Å². The van der Waals surface area contributed by atoms with E-state index in [0.717, 1.165) is 0 Å². The number of carboxylic acid groups (broad SMARTS) is 1. The molecule has 1 aromatic rings. The van der Waals surface area contributed by atoms with Crippen LogP contribution in [0.5, 0.6) is 0 Å². The number of hydrogen-bond donors (Lipinski definition) is 2. The zero-order valence-electron chi connectivity index (χ0n) is 11.7. The van der Waals surface area contributed by atoms with Crippen molar-refractivity contribution in [2.24, 2.45) is 5.41 Å². The molecule has 110 valence electrons. The Balaban J connectivity index is 3.10. The normalized spacial score (nSPS) is 12.1. The molecule has 6 nitrogen and oxygen atoms in total. The van der Waals surface area contributed by atoms with Crippen LogP contribution >= 0.6 is 11.6 Å². The number of anilines is 1. The lowest BCUT2D eigenvalue weighted by Crippen LogP contribution is -2.50. The molecule has 0 atom stereocenters. The molecule has 0 saturated heterocycles. The summed E-state index contributed by atoms with van der Waals surface area (Å²) in [6, 6.07) is 4.02. The molecule has 0 amide bonds. The van der Waals surface area contributed by atoms with Gasteiger partial charge in [0.05, 0.1) is 21.0 Å². The predicted octanol–water partition coefficient (Wildman–Crippen LogP) is 3.55. The monoisotopic (exact) mass is 300 g/mol. The molecule has 0 aliphatic carbocycles. The number of hydrogen-bond acceptors (Lipinski definition) is 4. The topological polar surface area (TPSA) is 92.5 Å². The number of nitro benzene ring substituents is 1. The van der Waals surface area contributed by atoms with Crippen molar-refractivity contribution in [3.8, 4) is 0 Å². The quantitative estimate of drug-likeness (QED) is 0.641. The van der Waals surface area contributed by atoms with Gasteiger partial charge in [-0.15, -0.1) is 0 Å².